The number of hydrogen-bond donors (Lipinski definition) is 3. The predicted molar refractivity (Wildman–Crippen MR) is 96.8 cm³/mol. The van der Waals surface area contributed by atoms with Gasteiger partial charge in [-0.05, 0) is 36.4 Å². The number of carbonyl (C=O) groups is 2. The molecule has 1 aromatic heterocycles. The van der Waals surface area contributed by atoms with E-state index >= 15 is 0 Å². The minimum atomic E-state index is -1.01. The summed E-state index contributed by atoms with van der Waals surface area (Å²) >= 11 is 6.10. The van der Waals surface area contributed by atoms with Crippen molar-refractivity contribution in [3.8, 4) is 0 Å². The van der Waals surface area contributed by atoms with Crippen LogP contribution in [0.4, 0.5) is 5.69 Å². The molecule has 3 aromatic rings. The number of carbonyl (C=O) groups excluding carboxylic acids is 2. The molecule has 10 heteroatoms. The van der Waals surface area contributed by atoms with Crippen molar-refractivity contribution in [2.24, 2.45) is 0 Å². The number of anilines is 1. The van der Waals surface area contributed by atoms with Crippen LogP contribution in [-0.4, -0.2) is 33.9 Å². The zero-order valence-corrected chi connectivity index (χ0v) is 14.5. The zero-order chi connectivity index (χ0) is 19.7. The lowest BCUT2D eigenvalue weighted by atomic mass is 10.1. The van der Waals surface area contributed by atoms with E-state index in [9.17, 15) is 24.4 Å². The van der Waals surface area contributed by atoms with Crippen molar-refractivity contribution in [1.82, 2.24) is 9.71 Å². The molecule has 0 aliphatic rings. The van der Waals surface area contributed by atoms with Crippen LogP contribution in [0.5, 0.6) is 0 Å². The maximum atomic E-state index is 12.4. The molecule has 0 saturated heterocycles. The highest BCUT2D eigenvalue weighted by Gasteiger charge is 2.14. The molecule has 27 heavy (non-hydrogen) atoms. The molecule has 0 atom stereocenters. The Balaban J connectivity index is 1.95. The van der Waals surface area contributed by atoms with Gasteiger partial charge in [0.1, 0.15) is 0 Å². The van der Waals surface area contributed by atoms with Gasteiger partial charge in [0.15, 0.2) is 0 Å². The minimum absolute atomic E-state index is 0.0437. The Morgan fingerprint density at radius 3 is 2.41 bits per heavy atom. The first-order valence-corrected chi connectivity index (χ1v) is 7.87. The number of methoxy groups -OCH3 is 1. The highest BCUT2D eigenvalue weighted by atomic mass is 35.5. The van der Waals surface area contributed by atoms with Gasteiger partial charge in [0, 0.05) is 5.56 Å². The lowest BCUT2D eigenvalue weighted by Gasteiger charge is -2.09. The van der Waals surface area contributed by atoms with Crippen molar-refractivity contribution in [2.45, 2.75) is 0 Å². The predicted octanol–water partition coefficient (Wildman–Crippen LogP) is 1.62. The minimum Gasteiger partial charge on any atom is -0.465 e. The van der Waals surface area contributed by atoms with Gasteiger partial charge >= 0.3 is 11.7 Å². The fourth-order valence-corrected chi connectivity index (χ4v) is 2.60. The zero-order valence-electron chi connectivity index (χ0n) is 13.8. The first-order valence-electron chi connectivity index (χ1n) is 7.49. The molecule has 3 rings (SSSR count). The first-order chi connectivity index (χ1) is 12.8. The van der Waals surface area contributed by atoms with Crippen molar-refractivity contribution in [2.75, 3.05) is 12.4 Å². The topological polar surface area (TPSA) is 130 Å². The van der Waals surface area contributed by atoms with E-state index in [1.807, 2.05) is 0 Å². The van der Waals surface area contributed by atoms with Crippen LogP contribution in [0.25, 0.3) is 10.9 Å². The molecule has 2 aromatic carbocycles. The summed E-state index contributed by atoms with van der Waals surface area (Å²) in [5, 5.41) is 12.0. The van der Waals surface area contributed by atoms with Gasteiger partial charge in [-0.25, -0.2) is 9.59 Å². The standard InChI is InChI=1S/C17H12ClN3O6/c1-27-16(24)9-4-2-8(3-5-9)14(22)19-13-6-10-12(7-11(13)18)20-17(25)21(26)15(10)23/h2-7,26H,1H3,(H,19,22)(H,20,25). The normalized spacial score (nSPS) is 10.6. The lowest BCUT2D eigenvalue weighted by Crippen LogP contribution is -2.33. The summed E-state index contributed by atoms with van der Waals surface area (Å²) in [5.41, 5.74) is -1.23. The van der Waals surface area contributed by atoms with Gasteiger partial charge in [-0.2, -0.15) is 0 Å². The Bertz CT molecular complexity index is 1180. The third kappa shape index (κ3) is 3.40. The summed E-state index contributed by atoms with van der Waals surface area (Å²) in [6.45, 7) is 0. The molecule has 9 nitrogen and oxygen atoms in total. The molecule has 0 spiro atoms. The molecular weight excluding hydrogens is 378 g/mol. The number of halogens is 1. The van der Waals surface area contributed by atoms with Crippen molar-refractivity contribution in [3.63, 3.8) is 0 Å². The number of aromatic amines is 1. The van der Waals surface area contributed by atoms with E-state index in [4.69, 9.17) is 11.6 Å². The van der Waals surface area contributed by atoms with E-state index in [0.29, 0.717) is 0 Å². The fourth-order valence-electron chi connectivity index (χ4n) is 2.39. The third-order valence-corrected chi connectivity index (χ3v) is 4.09. The monoisotopic (exact) mass is 389 g/mol. The van der Waals surface area contributed by atoms with Crippen molar-refractivity contribution in [1.29, 1.82) is 0 Å². The molecule has 0 aliphatic carbocycles. The number of hydrogen-bond acceptors (Lipinski definition) is 6. The largest absolute Gasteiger partial charge is 0.465 e. The number of ether oxygens (including phenoxy) is 1. The SMILES string of the molecule is COC(=O)c1ccc(C(=O)Nc2cc3c(=O)n(O)c(=O)[nH]c3cc2Cl)cc1. The number of amides is 1. The molecule has 1 heterocycles. The van der Waals surface area contributed by atoms with Crippen LogP contribution in [0.15, 0.2) is 46.0 Å². The first kappa shape index (κ1) is 18.2. The highest BCUT2D eigenvalue weighted by molar-refractivity contribution is 6.34. The maximum Gasteiger partial charge on any atom is 0.362 e. The summed E-state index contributed by atoms with van der Waals surface area (Å²) in [5.74, 6) is -1.07. The van der Waals surface area contributed by atoms with Crippen LogP contribution in [-0.2, 0) is 4.74 Å². The van der Waals surface area contributed by atoms with Crippen LogP contribution < -0.4 is 16.6 Å². The number of fused-ring (bicyclic) bond motifs is 1. The Morgan fingerprint density at radius 2 is 1.78 bits per heavy atom. The van der Waals surface area contributed by atoms with E-state index in [0.717, 1.165) is 0 Å². The Morgan fingerprint density at radius 1 is 1.15 bits per heavy atom. The van der Waals surface area contributed by atoms with Crippen LogP contribution in [0.2, 0.25) is 5.02 Å². The molecule has 0 fully saturated rings. The van der Waals surface area contributed by atoms with E-state index in [2.05, 4.69) is 15.0 Å². The molecule has 3 N–H and O–H groups in total. The number of rotatable bonds is 3. The van der Waals surface area contributed by atoms with Gasteiger partial charge in [0.05, 0.1) is 34.3 Å². The number of nitrogens with zero attached hydrogens (tertiary/aromatic N) is 1. The van der Waals surface area contributed by atoms with Crippen molar-refractivity contribution < 1.29 is 19.5 Å². The van der Waals surface area contributed by atoms with Crippen LogP contribution in [0, 0.1) is 0 Å². The van der Waals surface area contributed by atoms with Gasteiger partial charge in [-0.3, -0.25) is 9.59 Å². The quantitative estimate of drug-likeness (QED) is 0.461. The summed E-state index contributed by atoms with van der Waals surface area (Å²) in [4.78, 5) is 49.5. The van der Waals surface area contributed by atoms with E-state index in [1.54, 1.807) is 0 Å². The van der Waals surface area contributed by atoms with Crippen LogP contribution in [0.1, 0.15) is 20.7 Å². The van der Waals surface area contributed by atoms with Gasteiger partial charge in [-0.15, -0.1) is 0 Å². The molecule has 0 aliphatic heterocycles. The van der Waals surface area contributed by atoms with Gasteiger partial charge in [0.2, 0.25) is 0 Å². The van der Waals surface area contributed by atoms with E-state index in [-0.39, 0.29) is 37.5 Å². The van der Waals surface area contributed by atoms with E-state index < -0.39 is 23.1 Å². The molecule has 0 radical (unpaired) electrons. The van der Waals surface area contributed by atoms with Gasteiger partial charge in [0.25, 0.3) is 11.5 Å². The number of benzene rings is 2. The molecule has 0 saturated carbocycles. The number of esters is 1. The molecule has 138 valence electrons. The van der Waals surface area contributed by atoms with Crippen molar-refractivity contribution in [3.05, 3.63) is 73.4 Å². The van der Waals surface area contributed by atoms with Crippen molar-refractivity contribution >= 4 is 40.1 Å². The van der Waals surface area contributed by atoms with E-state index in [1.165, 1.54) is 43.5 Å². The maximum absolute atomic E-state index is 12.4. The smallest absolute Gasteiger partial charge is 0.362 e. The number of H-pyrrole nitrogens is 1. The Hall–Kier alpha value is -3.59. The average Bonchev–Trinajstić information content (AvgIpc) is 2.67. The van der Waals surface area contributed by atoms with Gasteiger partial charge < -0.3 is 20.2 Å². The highest BCUT2D eigenvalue weighted by Crippen LogP contribution is 2.26. The second kappa shape index (κ2) is 6.96. The third-order valence-electron chi connectivity index (χ3n) is 3.78. The fraction of sp³-hybridized carbons (Fsp3) is 0.0588. The Kier molecular flexibility index (Phi) is 4.70. The van der Waals surface area contributed by atoms with Crippen LogP contribution in [0.3, 0.4) is 0 Å². The summed E-state index contributed by atoms with van der Waals surface area (Å²) in [7, 11) is 1.25. The number of nitrogens with one attached hydrogen (secondary N) is 2. The summed E-state index contributed by atoms with van der Waals surface area (Å²) < 4.78 is 4.51. The van der Waals surface area contributed by atoms with Crippen LogP contribution >= 0.6 is 11.6 Å². The molecule has 0 bridgehead atoms. The van der Waals surface area contributed by atoms with Gasteiger partial charge in [-0.1, -0.05) is 16.3 Å². The number of aromatic nitrogens is 2. The summed E-state index contributed by atoms with van der Waals surface area (Å²) in [6.07, 6.45) is 0. The summed E-state index contributed by atoms with van der Waals surface area (Å²) in [6, 6.07) is 8.23. The Labute approximate surface area is 155 Å². The second-order valence-corrected chi connectivity index (χ2v) is 5.86. The molecular formula is C17H12ClN3O6. The lowest BCUT2D eigenvalue weighted by molar-refractivity contribution is 0.0600. The molecule has 0 unspecified atom stereocenters. The second-order valence-electron chi connectivity index (χ2n) is 5.45. The molecule has 1 amide bonds. The average molecular weight is 390 g/mol.